The number of rotatable bonds is 43. The van der Waals surface area contributed by atoms with Gasteiger partial charge in [0.05, 0.1) is 18.8 Å². The van der Waals surface area contributed by atoms with Crippen LogP contribution >= 0.6 is 0 Å². The van der Waals surface area contributed by atoms with Gasteiger partial charge in [0.1, 0.15) is 12.2 Å². The summed E-state index contributed by atoms with van der Waals surface area (Å²) in [6.45, 7) is 4.00. The molecule has 0 spiro atoms. The van der Waals surface area contributed by atoms with Gasteiger partial charge in [0.15, 0.2) is 0 Å². The molecule has 0 rings (SSSR count). The zero-order chi connectivity index (χ0) is 39.6. The first kappa shape index (κ1) is 52.8. The summed E-state index contributed by atoms with van der Waals surface area (Å²) in [6.07, 6.45) is 49.8. The van der Waals surface area contributed by atoms with Gasteiger partial charge in [-0.25, -0.2) is 0 Å². The molecule has 0 fully saturated rings. The normalized spacial score (nSPS) is 14.3. The molecule has 5 N–H and O–H groups in total. The monoisotopic (exact) mass is 764 g/mol. The number of allylic oxidation sites excluding steroid dienone is 4. The Morgan fingerprint density at radius 1 is 0.444 bits per heavy atom. The summed E-state index contributed by atoms with van der Waals surface area (Å²) in [7, 11) is 0. The Hall–Kier alpha value is -1.21. The highest BCUT2D eigenvalue weighted by Gasteiger charge is 2.28. The quantitative estimate of drug-likeness (QED) is 0.0314. The molecule has 0 bridgehead atoms. The third kappa shape index (κ3) is 36.4. The van der Waals surface area contributed by atoms with Crippen molar-refractivity contribution in [2.45, 2.75) is 269 Å². The maximum atomic E-state index is 12.4. The summed E-state index contributed by atoms with van der Waals surface area (Å²) >= 11 is 0. The van der Waals surface area contributed by atoms with E-state index in [0.717, 1.165) is 38.5 Å². The maximum Gasteiger partial charge on any atom is 0.249 e. The van der Waals surface area contributed by atoms with E-state index in [4.69, 9.17) is 0 Å². The zero-order valence-electron chi connectivity index (χ0n) is 36.0. The van der Waals surface area contributed by atoms with Gasteiger partial charge >= 0.3 is 0 Å². The van der Waals surface area contributed by atoms with Crippen molar-refractivity contribution in [3.8, 4) is 0 Å². The summed E-state index contributed by atoms with van der Waals surface area (Å²) < 4.78 is 0. The van der Waals surface area contributed by atoms with E-state index >= 15 is 0 Å². The van der Waals surface area contributed by atoms with E-state index in [9.17, 15) is 25.2 Å². The predicted octanol–water partition coefficient (Wildman–Crippen LogP) is 12.7. The van der Waals surface area contributed by atoms with E-state index < -0.39 is 36.9 Å². The third-order valence-electron chi connectivity index (χ3n) is 11.1. The van der Waals surface area contributed by atoms with Gasteiger partial charge in [-0.1, -0.05) is 218 Å². The first-order valence-electron chi connectivity index (χ1n) is 23.7. The molecule has 1 amide bonds. The maximum absolute atomic E-state index is 12.4. The molecule has 0 aliphatic heterocycles. The number of carbonyl (C=O) groups excluding carboxylic acids is 1. The predicted molar refractivity (Wildman–Crippen MR) is 233 cm³/mol. The Bertz CT molecular complexity index is 817. The zero-order valence-corrected chi connectivity index (χ0v) is 36.0. The Balaban J connectivity index is 3.62. The lowest BCUT2D eigenvalue weighted by atomic mass is 10.00. The minimum absolute atomic E-state index is 0.361. The minimum atomic E-state index is -1.29. The minimum Gasteiger partial charge on any atom is -0.394 e. The molecule has 0 saturated carbocycles. The summed E-state index contributed by atoms with van der Waals surface area (Å²) in [4.78, 5) is 12.4. The van der Waals surface area contributed by atoms with Gasteiger partial charge in [0, 0.05) is 0 Å². The molecule has 0 aromatic rings. The number of nitrogens with one attached hydrogen (secondary N) is 1. The third-order valence-corrected chi connectivity index (χ3v) is 11.1. The summed E-state index contributed by atoms with van der Waals surface area (Å²) in [5.74, 6) is -0.601. The molecule has 54 heavy (non-hydrogen) atoms. The Kier molecular flexibility index (Phi) is 42.0. The standard InChI is InChI=1S/C48H93NO5/c1-3-5-7-9-11-13-14-15-16-17-18-19-20-21-22-23-24-25-26-27-28-29-30-31-32-33-34-36-37-39-41-45(51)47(53)44(43-50)49-48(54)46(52)42-40-38-35-12-10-8-6-4-2/h30-31,34,36,44-47,50-53H,3-29,32-33,35,37-43H2,1-2H3,(H,49,54)/b31-30+,36-34+. The molecule has 6 nitrogen and oxygen atoms in total. The molecule has 4 atom stereocenters. The van der Waals surface area contributed by atoms with Crippen LogP contribution in [-0.2, 0) is 4.79 Å². The topological polar surface area (TPSA) is 110 Å². The summed E-state index contributed by atoms with van der Waals surface area (Å²) in [5.41, 5.74) is 0. The molecule has 320 valence electrons. The van der Waals surface area contributed by atoms with E-state index in [-0.39, 0.29) is 0 Å². The molecule has 0 aromatic heterocycles. The lowest BCUT2D eigenvalue weighted by molar-refractivity contribution is -0.132. The van der Waals surface area contributed by atoms with E-state index in [1.807, 2.05) is 0 Å². The second-order valence-electron chi connectivity index (χ2n) is 16.4. The van der Waals surface area contributed by atoms with Crippen molar-refractivity contribution in [2.24, 2.45) is 0 Å². The molecule has 0 saturated heterocycles. The molecule has 4 unspecified atom stereocenters. The Morgan fingerprint density at radius 2 is 0.778 bits per heavy atom. The smallest absolute Gasteiger partial charge is 0.249 e. The average molecular weight is 764 g/mol. The Labute approximate surface area is 335 Å². The highest BCUT2D eigenvalue weighted by molar-refractivity contribution is 5.80. The van der Waals surface area contributed by atoms with Crippen molar-refractivity contribution >= 4 is 5.91 Å². The molecular formula is C48H93NO5. The van der Waals surface area contributed by atoms with Gasteiger partial charge in [-0.3, -0.25) is 4.79 Å². The molecule has 0 radical (unpaired) electrons. The summed E-state index contributed by atoms with van der Waals surface area (Å²) in [5, 5.41) is 43.4. The SMILES string of the molecule is CCCCCCCCCCCCCCCCCCCCCCC/C=C/CC/C=C/CCCC(O)C(O)C(CO)NC(=O)C(O)CCCCCCCCCC. The van der Waals surface area contributed by atoms with Crippen LogP contribution in [0.4, 0.5) is 0 Å². The van der Waals surface area contributed by atoms with E-state index in [1.165, 1.54) is 173 Å². The van der Waals surface area contributed by atoms with Crippen molar-refractivity contribution in [2.75, 3.05) is 6.61 Å². The molecule has 0 aliphatic rings. The molecular weight excluding hydrogens is 671 g/mol. The Morgan fingerprint density at radius 3 is 1.17 bits per heavy atom. The van der Waals surface area contributed by atoms with E-state index in [2.05, 4.69) is 43.5 Å². The van der Waals surface area contributed by atoms with Crippen molar-refractivity contribution in [1.29, 1.82) is 0 Å². The largest absolute Gasteiger partial charge is 0.394 e. The lowest BCUT2D eigenvalue weighted by Crippen LogP contribution is -2.53. The van der Waals surface area contributed by atoms with Gasteiger partial charge in [0.2, 0.25) is 5.91 Å². The van der Waals surface area contributed by atoms with Gasteiger partial charge in [-0.15, -0.1) is 0 Å². The molecule has 0 heterocycles. The second kappa shape index (κ2) is 42.9. The summed E-state index contributed by atoms with van der Waals surface area (Å²) in [6, 6.07) is -1.00. The number of aliphatic hydroxyl groups excluding tert-OH is 4. The van der Waals surface area contributed by atoms with Gasteiger partial charge in [-0.05, 0) is 51.4 Å². The lowest BCUT2D eigenvalue weighted by Gasteiger charge is -2.27. The van der Waals surface area contributed by atoms with E-state index in [1.54, 1.807) is 0 Å². The van der Waals surface area contributed by atoms with Gasteiger partial charge in [0.25, 0.3) is 0 Å². The highest BCUT2D eigenvalue weighted by atomic mass is 16.3. The number of aliphatic hydroxyl groups is 4. The fraction of sp³-hybridized carbons (Fsp3) is 0.896. The first-order chi connectivity index (χ1) is 26.5. The highest BCUT2D eigenvalue weighted by Crippen LogP contribution is 2.16. The number of hydrogen-bond acceptors (Lipinski definition) is 5. The second-order valence-corrected chi connectivity index (χ2v) is 16.4. The van der Waals surface area contributed by atoms with E-state index in [0.29, 0.717) is 19.3 Å². The first-order valence-corrected chi connectivity index (χ1v) is 23.7. The van der Waals surface area contributed by atoms with Crippen LogP contribution in [-0.4, -0.2) is 57.3 Å². The number of unbranched alkanes of at least 4 members (excludes halogenated alkanes) is 30. The number of amides is 1. The van der Waals surface area contributed by atoms with Gasteiger partial charge < -0.3 is 25.7 Å². The van der Waals surface area contributed by atoms with Crippen molar-refractivity contribution in [3.05, 3.63) is 24.3 Å². The number of carbonyl (C=O) groups is 1. The van der Waals surface area contributed by atoms with Crippen LogP contribution in [0.1, 0.15) is 245 Å². The van der Waals surface area contributed by atoms with Crippen LogP contribution in [0.2, 0.25) is 0 Å². The number of hydrogen-bond donors (Lipinski definition) is 5. The van der Waals surface area contributed by atoms with Crippen molar-refractivity contribution < 1.29 is 25.2 Å². The van der Waals surface area contributed by atoms with Crippen molar-refractivity contribution in [1.82, 2.24) is 5.32 Å². The molecule has 0 aromatic carbocycles. The average Bonchev–Trinajstić information content (AvgIpc) is 3.18. The van der Waals surface area contributed by atoms with Crippen LogP contribution in [0.5, 0.6) is 0 Å². The van der Waals surface area contributed by atoms with Crippen LogP contribution < -0.4 is 5.32 Å². The molecule has 6 heteroatoms. The van der Waals surface area contributed by atoms with Crippen LogP contribution in [0.25, 0.3) is 0 Å². The molecule has 0 aliphatic carbocycles. The fourth-order valence-electron chi connectivity index (χ4n) is 7.36. The fourth-order valence-corrected chi connectivity index (χ4v) is 7.36. The van der Waals surface area contributed by atoms with Crippen molar-refractivity contribution in [3.63, 3.8) is 0 Å². The van der Waals surface area contributed by atoms with Crippen LogP contribution in [0, 0.1) is 0 Å². The van der Waals surface area contributed by atoms with Crippen LogP contribution in [0.3, 0.4) is 0 Å². The van der Waals surface area contributed by atoms with Crippen LogP contribution in [0.15, 0.2) is 24.3 Å². The van der Waals surface area contributed by atoms with Gasteiger partial charge in [-0.2, -0.15) is 0 Å².